The van der Waals surface area contributed by atoms with Crippen molar-refractivity contribution in [2.75, 3.05) is 13.1 Å². The summed E-state index contributed by atoms with van der Waals surface area (Å²) in [6.07, 6.45) is 3.16. The van der Waals surface area contributed by atoms with Crippen LogP contribution in [0.5, 0.6) is 5.75 Å². The number of aliphatic imine (C=N–C) groups is 1. The summed E-state index contributed by atoms with van der Waals surface area (Å²) in [7, 11) is 0. The number of hydrogen-bond donors (Lipinski definition) is 7. The molecule has 2 heterocycles. The normalized spacial score (nSPS) is 15.2. The van der Waals surface area contributed by atoms with Crippen LogP contribution in [0.4, 0.5) is 4.79 Å². The zero-order valence-corrected chi connectivity index (χ0v) is 33.1. The topological polar surface area (TPSA) is 215 Å². The summed E-state index contributed by atoms with van der Waals surface area (Å²) in [6.45, 7) is 5.74. The first-order valence-corrected chi connectivity index (χ1v) is 19.5. The smallest absolute Gasteiger partial charge is 0.408 e. The number of hydrogen-bond acceptors (Lipinski definition) is 9. The van der Waals surface area contributed by atoms with E-state index in [0.29, 0.717) is 38.6 Å². The molecule has 0 spiro atoms. The highest BCUT2D eigenvalue weighted by molar-refractivity contribution is 6.00. The van der Waals surface area contributed by atoms with Crippen LogP contribution in [0.3, 0.4) is 0 Å². The second kappa shape index (κ2) is 20.2. The van der Waals surface area contributed by atoms with Gasteiger partial charge in [-0.05, 0) is 87.8 Å². The number of aromatic nitrogens is 1. The fourth-order valence-electron chi connectivity index (χ4n) is 6.58. The van der Waals surface area contributed by atoms with Crippen molar-refractivity contribution in [3.63, 3.8) is 0 Å². The molecule has 0 radical (unpaired) electrons. The number of para-hydroxylation sites is 1. The Morgan fingerprint density at radius 2 is 1.62 bits per heavy atom. The van der Waals surface area contributed by atoms with Gasteiger partial charge in [0.05, 0.1) is 12.5 Å². The van der Waals surface area contributed by atoms with E-state index in [-0.39, 0.29) is 36.9 Å². The summed E-state index contributed by atoms with van der Waals surface area (Å²) < 4.78 is 5.53. The van der Waals surface area contributed by atoms with Crippen molar-refractivity contribution in [1.29, 1.82) is 0 Å². The number of aliphatic carboxylic acids is 1. The molecule has 0 saturated carbocycles. The number of benzene rings is 3. The Bertz CT molecular complexity index is 2060. The third-order valence-corrected chi connectivity index (χ3v) is 9.50. The monoisotopic (exact) mass is 795 g/mol. The van der Waals surface area contributed by atoms with Gasteiger partial charge in [0.25, 0.3) is 5.91 Å². The van der Waals surface area contributed by atoms with Crippen molar-refractivity contribution in [2.24, 2.45) is 4.99 Å². The number of unbranched alkanes of at least 4 members (excludes halogenated alkanes) is 1. The molecule has 308 valence electrons. The van der Waals surface area contributed by atoms with Crippen molar-refractivity contribution in [3.05, 3.63) is 102 Å². The van der Waals surface area contributed by atoms with E-state index in [4.69, 9.17) is 4.74 Å². The number of nitrogens with one attached hydrogen (secondary N) is 5. The lowest BCUT2D eigenvalue weighted by molar-refractivity contribution is -0.143. The van der Waals surface area contributed by atoms with Gasteiger partial charge in [0.15, 0.2) is 0 Å². The number of amides is 4. The van der Waals surface area contributed by atoms with Crippen molar-refractivity contribution in [3.8, 4) is 5.75 Å². The second-order valence-electron chi connectivity index (χ2n) is 15.3. The average molecular weight is 796 g/mol. The molecule has 3 aromatic carbocycles. The summed E-state index contributed by atoms with van der Waals surface area (Å²) in [5, 5.41) is 30.2. The molecule has 1 aliphatic heterocycles. The van der Waals surface area contributed by atoms with Gasteiger partial charge in [0, 0.05) is 43.0 Å². The molecule has 15 heteroatoms. The van der Waals surface area contributed by atoms with Gasteiger partial charge in [-0.15, -0.1) is 0 Å². The van der Waals surface area contributed by atoms with Crippen LogP contribution in [0.25, 0.3) is 10.9 Å². The zero-order valence-electron chi connectivity index (χ0n) is 33.1. The maximum Gasteiger partial charge on any atom is 0.408 e. The first-order chi connectivity index (χ1) is 27.7. The van der Waals surface area contributed by atoms with Gasteiger partial charge in [-0.25, -0.2) is 4.79 Å². The van der Waals surface area contributed by atoms with Crippen LogP contribution in [0.1, 0.15) is 69.6 Å². The van der Waals surface area contributed by atoms with E-state index >= 15 is 0 Å². The first-order valence-electron chi connectivity index (χ1n) is 19.5. The molecule has 1 aliphatic rings. The van der Waals surface area contributed by atoms with Gasteiger partial charge < -0.3 is 35.9 Å². The van der Waals surface area contributed by atoms with Gasteiger partial charge in [-0.2, -0.15) is 0 Å². The number of rotatable bonds is 19. The lowest BCUT2D eigenvalue weighted by Gasteiger charge is -2.35. The minimum absolute atomic E-state index is 0.112. The number of carbonyl (C=O) groups is 5. The number of aryl methyl sites for hydroxylation is 1. The number of amidine groups is 1. The summed E-state index contributed by atoms with van der Waals surface area (Å²) in [4.78, 5) is 73.2. The largest absolute Gasteiger partial charge is 0.508 e. The summed E-state index contributed by atoms with van der Waals surface area (Å²) >= 11 is 0. The van der Waals surface area contributed by atoms with Gasteiger partial charge in [-0.1, -0.05) is 60.7 Å². The van der Waals surface area contributed by atoms with E-state index in [0.717, 1.165) is 27.6 Å². The van der Waals surface area contributed by atoms with E-state index in [1.807, 2.05) is 54.6 Å². The van der Waals surface area contributed by atoms with Gasteiger partial charge in [-0.3, -0.25) is 34.6 Å². The maximum atomic E-state index is 14.3. The van der Waals surface area contributed by atoms with Crippen LogP contribution in [0.15, 0.2) is 90.1 Å². The Kier molecular flexibility index (Phi) is 14.9. The van der Waals surface area contributed by atoms with Crippen LogP contribution in [0.2, 0.25) is 0 Å². The molecular formula is C43H53N7O8. The van der Waals surface area contributed by atoms with Gasteiger partial charge >= 0.3 is 12.1 Å². The summed E-state index contributed by atoms with van der Waals surface area (Å²) in [5.41, 5.74) is 5.80. The van der Waals surface area contributed by atoms with Crippen molar-refractivity contribution in [1.82, 2.24) is 31.4 Å². The lowest BCUT2D eigenvalue weighted by atomic mass is 10.0. The number of nitrogens with zero attached hydrogens (tertiary/aromatic N) is 2. The highest BCUT2D eigenvalue weighted by Crippen LogP contribution is 2.21. The Balaban J connectivity index is 1.34. The van der Waals surface area contributed by atoms with Crippen molar-refractivity contribution in [2.45, 2.75) is 95.9 Å². The summed E-state index contributed by atoms with van der Waals surface area (Å²) in [5.74, 6) is -2.03. The molecule has 1 aromatic heterocycles. The number of hydrazine groups is 1. The predicted molar refractivity (Wildman–Crippen MR) is 219 cm³/mol. The van der Waals surface area contributed by atoms with Crippen LogP contribution < -0.4 is 21.4 Å². The fraction of sp³-hybridized carbons (Fsp3) is 0.395. The molecule has 7 N–H and O–H groups in total. The molecule has 3 atom stereocenters. The van der Waals surface area contributed by atoms with E-state index in [9.17, 15) is 34.2 Å². The standard InChI is InChI=1S/C43H53N7O8/c1-43(2,3)58-42(57)48-35(25-30-27-45-33-14-8-7-13-32(30)33)40(55)47-34(15-9-10-23-44-37(52)21-18-29-16-19-31(51)20-17-29)39-46-36(26-38(53)54)41(56)50(49-39)24-22-28-11-5-4-6-12-28/h4-8,11-14,16-17,19-20,27,34-36,45,51H,9-10,15,18,21-26H2,1-3H3,(H,44,52)(H,46,49)(H,47,55)(H,48,57)(H,53,54). The van der Waals surface area contributed by atoms with E-state index < -0.39 is 54.0 Å². The van der Waals surface area contributed by atoms with Gasteiger partial charge in [0.2, 0.25) is 11.8 Å². The molecule has 5 rings (SSSR count). The maximum absolute atomic E-state index is 14.3. The average Bonchev–Trinajstić information content (AvgIpc) is 3.59. The van der Waals surface area contributed by atoms with Crippen LogP contribution >= 0.6 is 0 Å². The van der Waals surface area contributed by atoms with Gasteiger partial charge in [0.1, 0.15) is 29.3 Å². The van der Waals surface area contributed by atoms with Crippen molar-refractivity contribution < 1.29 is 38.9 Å². The number of fused-ring (bicyclic) bond motifs is 1. The number of alkyl carbamates (subject to hydrolysis) is 1. The molecule has 0 bridgehead atoms. The van der Waals surface area contributed by atoms with E-state index in [1.165, 1.54) is 5.01 Å². The molecule has 15 nitrogen and oxygen atoms in total. The fourth-order valence-corrected chi connectivity index (χ4v) is 6.58. The number of phenolic OH excluding ortho intramolecular Hbond substituents is 1. The number of H-pyrrole nitrogens is 1. The Morgan fingerprint density at radius 1 is 0.914 bits per heavy atom. The molecule has 4 aromatic rings. The Labute approximate surface area is 337 Å². The summed E-state index contributed by atoms with van der Waals surface area (Å²) in [6, 6.07) is 20.7. The molecule has 3 unspecified atom stereocenters. The SMILES string of the molecule is CC(C)(C)OC(=O)NC(Cc1c[nH]c2ccccc12)C(=O)NC(CCCCNC(=O)CCc1ccc(O)cc1)C1=NC(CC(=O)O)C(=O)N(CCc2ccccc2)N1. The number of aromatic amines is 1. The minimum atomic E-state index is -1.24. The molecule has 4 amide bonds. The second-order valence-corrected chi connectivity index (χ2v) is 15.3. The van der Waals surface area contributed by atoms with Crippen LogP contribution in [-0.4, -0.2) is 92.6 Å². The number of carboxylic acid groups (broad SMARTS) is 1. The highest BCUT2D eigenvalue weighted by Gasteiger charge is 2.36. The Hall–Kier alpha value is -6.38. The Morgan fingerprint density at radius 3 is 2.34 bits per heavy atom. The third-order valence-electron chi connectivity index (χ3n) is 9.50. The molecular weight excluding hydrogens is 743 g/mol. The lowest BCUT2D eigenvalue weighted by Crippen LogP contribution is -2.62. The molecule has 0 saturated heterocycles. The minimum Gasteiger partial charge on any atom is -0.508 e. The number of carbonyl (C=O) groups excluding carboxylic acids is 4. The number of phenols is 1. The predicted octanol–water partition coefficient (Wildman–Crippen LogP) is 4.54. The highest BCUT2D eigenvalue weighted by atomic mass is 16.6. The molecule has 0 aliphatic carbocycles. The number of carboxylic acids is 1. The third kappa shape index (κ3) is 13.1. The quantitative estimate of drug-likeness (QED) is 0.0663. The first kappa shape index (κ1) is 42.8. The molecule has 0 fully saturated rings. The van der Waals surface area contributed by atoms with Crippen LogP contribution in [0, 0.1) is 0 Å². The van der Waals surface area contributed by atoms with E-state index in [2.05, 4.69) is 31.4 Å². The van der Waals surface area contributed by atoms with Crippen LogP contribution in [-0.2, 0) is 43.2 Å². The number of aromatic hydroxyl groups is 1. The molecule has 58 heavy (non-hydrogen) atoms. The number of ether oxygens (including phenoxy) is 1. The van der Waals surface area contributed by atoms with Crippen molar-refractivity contribution >= 4 is 46.5 Å². The zero-order chi connectivity index (χ0) is 41.7. The van der Waals surface area contributed by atoms with E-state index in [1.54, 1.807) is 51.2 Å².